The fourth-order valence-electron chi connectivity index (χ4n) is 1.11. The lowest BCUT2D eigenvalue weighted by molar-refractivity contribution is 0.279. The molecular weight excluding hydrogens is 235 g/mol. The molecule has 4 nitrogen and oxygen atoms in total. The molecule has 0 aliphatic carbocycles. The molecule has 0 atom stereocenters. The van der Waals surface area contributed by atoms with E-state index in [0.29, 0.717) is 5.56 Å². The van der Waals surface area contributed by atoms with Crippen molar-refractivity contribution in [2.24, 2.45) is 0 Å². The molecule has 0 aliphatic rings. The third kappa shape index (κ3) is 4.59. The maximum atomic E-state index is 13.0. The number of sulfone groups is 1. The van der Waals surface area contributed by atoms with E-state index in [0.717, 1.165) is 12.3 Å². The molecule has 16 heavy (non-hydrogen) atoms. The first-order chi connectivity index (χ1) is 7.40. The summed E-state index contributed by atoms with van der Waals surface area (Å²) in [6.07, 6.45) is 1.10. The minimum atomic E-state index is -3.09. The highest BCUT2D eigenvalue weighted by molar-refractivity contribution is 7.90. The maximum absolute atomic E-state index is 13.0. The van der Waals surface area contributed by atoms with E-state index in [1.54, 1.807) is 0 Å². The van der Waals surface area contributed by atoms with Crippen LogP contribution in [-0.2, 0) is 16.4 Å². The summed E-state index contributed by atoms with van der Waals surface area (Å²) < 4.78 is 39.7. The first kappa shape index (κ1) is 12.9. The van der Waals surface area contributed by atoms with Gasteiger partial charge in [-0.15, -0.1) is 0 Å². The molecule has 90 valence electrons. The number of halogens is 1. The fourth-order valence-corrected chi connectivity index (χ4v) is 1.49. The third-order valence-corrected chi connectivity index (χ3v) is 2.74. The Morgan fingerprint density at radius 3 is 2.62 bits per heavy atom. The van der Waals surface area contributed by atoms with Crippen molar-refractivity contribution in [2.75, 3.05) is 18.6 Å². The van der Waals surface area contributed by atoms with Crippen molar-refractivity contribution in [1.82, 2.24) is 0 Å². The van der Waals surface area contributed by atoms with E-state index in [1.165, 1.54) is 12.1 Å². The smallest absolute Gasteiger partial charge is 0.150 e. The summed E-state index contributed by atoms with van der Waals surface area (Å²) in [5.41, 5.74) is 0.384. The summed E-state index contributed by atoms with van der Waals surface area (Å²) in [4.78, 5) is 0. The lowest BCUT2D eigenvalue weighted by atomic mass is 10.2. The molecule has 0 amide bonds. The van der Waals surface area contributed by atoms with Crippen molar-refractivity contribution < 1.29 is 22.7 Å². The summed E-state index contributed by atoms with van der Waals surface area (Å²) in [6, 6.07) is 3.79. The van der Waals surface area contributed by atoms with Crippen LogP contribution in [-0.4, -0.2) is 32.1 Å². The highest BCUT2D eigenvalue weighted by atomic mass is 32.2. The van der Waals surface area contributed by atoms with Gasteiger partial charge in [-0.3, -0.25) is 0 Å². The van der Waals surface area contributed by atoms with Gasteiger partial charge in [0, 0.05) is 12.3 Å². The first-order valence-electron chi connectivity index (χ1n) is 4.61. The molecule has 1 N–H and O–H groups in total. The maximum Gasteiger partial charge on any atom is 0.150 e. The van der Waals surface area contributed by atoms with Crippen LogP contribution in [0.15, 0.2) is 18.2 Å². The second kappa shape index (κ2) is 5.27. The largest absolute Gasteiger partial charge is 0.492 e. The monoisotopic (exact) mass is 248 g/mol. The Balaban J connectivity index is 2.63. The fraction of sp³-hybridized carbons (Fsp3) is 0.400. The van der Waals surface area contributed by atoms with Crippen molar-refractivity contribution >= 4 is 9.84 Å². The topological polar surface area (TPSA) is 63.6 Å². The molecule has 0 radical (unpaired) electrons. The van der Waals surface area contributed by atoms with Crippen LogP contribution in [0, 0.1) is 5.82 Å². The van der Waals surface area contributed by atoms with Crippen LogP contribution < -0.4 is 4.74 Å². The van der Waals surface area contributed by atoms with Crippen molar-refractivity contribution in [3.05, 3.63) is 29.6 Å². The van der Waals surface area contributed by atoms with E-state index in [9.17, 15) is 12.8 Å². The average Bonchev–Trinajstić information content (AvgIpc) is 2.14. The zero-order valence-electron chi connectivity index (χ0n) is 8.81. The van der Waals surface area contributed by atoms with Crippen molar-refractivity contribution in [2.45, 2.75) is 6.61 Å². The Kier molecular flexibility index (Phi) is 4.26. The summed E-state index contributed by atoms with van der Waals surface area (Å²) in [5, 5.41) is 8.82. The standard InChI is InChI=1S/C10H13FO4S/c1-16(13,14)3-2-15-10-5-8(7-12)4-9(11)6-10/h4-6,12H,2-3,7H2,1H3. The minimum Gasteiger partial charge on any atom is -0.492 e. The van der Waals surface area contributed by atoms with E-state index in [1.807, 2.05) is 0 Å². The number of hydrogen-bond acceptors (Lipinski definition) is 4. The number of aliphatic hydroxyl groups is 1. The Hall–Kier alpha value is -1.14. The number of ether oxygens (including phenoxy) is 1. The van der Waals surface area contributed by atoms with E-state index in [2.05, 4.69) is 0 Å². The Bertz CT molecular complexity index is 456. The second-order valence-electron chi connectivity index (χ2n) is 3.43. The van der Waals surface area contributed by atoms with Gasteiger partial charge in [-0.25, -0.2) is 12.8 Å². The van der Waals surface area contributed by atoms with Crippen LogP contribution in [0.1, 0.15) is 5.56 Å². The van der Waals surface area contributed by atoms with Crippen LogP contribution >= 0.6 is 0 Å². The van der Waals surface area contributed by atoms with E-state index >= 15 is 0 Å². The second-order valence-corrected chi connectivity index (χ2v) is 5.69. The van der Waals surface area contributed by atoms with Gasteiger partial charge < -0.3 is 9.84 Å². The van der Waals surface area contributed by atoms with Crippen molar-refractivity contribution in [1.29, 1.82) is 0 Å². The molecular formula is C10H13FO4S. The van der Waals surface area contributed by atoms with Gasteiger partial charge in [0.05, 0.1) is 12.4 Å². The summed E-state index contributed by atoms with van der Waals surface area (Å²) >= 11 is 0. The number of rotatable bonds is 5. The minimum absolute atomic E-state index is 0.0346. The Morgan fingerprint density at radius 1 is 1.38 bits per heavy atom. The van der Waals surface area contributed by atoms with Gasteiger partial charge in [-0.1, -0.05) is 0 Å². The SMILES string of the molecule is CS(=O)(=O)CCOc1cc(F)cc(CO)c1. The number of aliphatic hydroxyl groups excluding tert-OH is 1. The molecule has 0 saturated heterocycles. The summed E-state index contributed by atoms with van der Waals surface area (Å²) in [6.45, 7) is -0.326. The van der Waals surface area contributed by atoms with Crippen LogP contribution in [0.3, 0.4) is 0 Å². The van der Waals surface area contributed by atoms with Gasteiger partial charge in [-0.05, 0) is 17.7 Å². The molecule has 0 heterocycles. The molecule has 0 bridgehead atoms. The van der Waals surface area contributed by atoms with Gasteiger partial charge in [0.2, 0.25) is 0 Å². The highest BCUT2D eigenvalue weighted by Gasteiger charge is 2.04. The number of benzene rings is 1. The molecule has 1 rings (SSSR count). The summed E-state index contributed by atoms with van der Waals surface area (Å²) in [7, 11) is -3.09. The molecule has 0 aromatic heterocycles. The van der Waals surface area contributed by atoms with Crippen molar-refractivity contribution in [3.63, 3.8) is 0 Å². The lowest BCUT2D eigenvalue weighted by Crippen LogP contribution is -2.12. The van der Waals surface area contributed by atoms with Gasteiger partial charge in [0.25, 0.3) is 0 Å². The van der Waals surface area contributed by atoms with Crippen LogP contribution in [0.5, 0.6) is 5.75 Å². The normalized spacial score (nSPS) is 11.4. The molecule has 0 unspecified atom stereocenters. The van der Waals surface area contributed by atoms with Gasteiger partial charge in [0.1, 0.15) is 18.2 Å². The Morgan fingerprint density at radius 2 is 2.06 bits per heavy atom. The van der Waals surface area contributed by atoms with Crippen molar-refractivity contribution in [3.8, 4) is 5.75 Å². The Labute approximate surface area is 93.6 Å². The molecule has 1 aromatic rings. The quantitative estimate of drug-likeness (QED) is 0.834. The zero-order valence-corrected chi connectivity index (χ0v) is 9.63. The average molecular weight is 248 g/mol. The van der Waals surface area contributed by atoms with E-state index in [4.69, 9.17) is 9.84 Å². The first-order valence-corrected chi connectivity index (χ1v) is 6.67. The van der Waals surface area contributed by atoms with E-state index in [-0.39, 0.29) is 24.7 Å². The molecule has 0 aliphatic heterocycles. The third-order valence-electron chi connectivity index (χ3n) is 1.84. The molecule has 0 saturated carbocycles. The molecule has 1 aromatic carbocycles. The van der Waals surface area contributed by atoms with Crippen LogP contribution in [0.4, 0.5) is 4.39 Å². The van der Waals surface area contributed by atoms with Gasteiger partial charge in [0.15, 0.2) is 9.84 Å². The molecule has 0 spiro atoms. The highest BCUT2D eigenvalue weighted by Crippen LogP contribution is 2.16. The van der Waals surface area contributed by atoms with Gasteiger partial charge in [-0.2, -0.15) is 0 Å². The summed E-state index contributed by atoms with van der Waals surface area (Å²) in [5.74, 6) is -0.438. The van der Waals surface area contributed by atoms with Crippen LogP contribution in [0.2, 0.25) is 0 Å². The number of hydrogen-bond donors (Lipinski definition) is 1. The van der Waals surface area contributed by atoms with Gasteiger partial charge >= 0.3 is 0 Å². The van der Waals surface area contributed by atoms with E-state index < -0.39 is 15.7 Å². The lowest BCUT2D eigenvalue weighted by Gasteiger charge is -2.07. The zero-order chi connectivity index (χ0) is 12.2. The molecule has 0 fully saturated rings. The molecule has 6 heteroatoms. The predicted molar refractivity (Wildman–Crippen MR) is 57.5 cm³/mol. The van der Waals surface area contributed by atoms with Crippen LogP contribution in [0.25, 0.3) is 0 Å². The predicted octanol–water partition coefficient (Wildman–Crippen LogP) is 0.741.